The minimum Gasteiger partial charge on any atom is -0.493 e. The number of hydrogen-bond acceptors (Lipinski definition) is 2. The third kappa shape index (κ3) is 8.49. The van der Waals surface area contributed by atoms with Crippen molar-refractivity contribution in [3.63, 3.8) is 0 Å². The van der Waals surface area contributed by atoms with Crippen molar-refractivity contribution in [2.45, 2.75) is 85.0 Å². The van der Waals surface area contributed by atoms with Gasteiger partial charge in [0.1, 0.15) is 11.5 Å². The van der Waals surface area contributed by atoms with Gasteiger partial charge in [0.05, 0.1) is 13.2 Å². The van der Waals surface area contributed by atoms with E-state index in [9.17, 15) is 0 Å². The molecule has 0 saturated carbocycles. The largest absolute Gasteiger partial charge is 0.493 e. The number of halogens is 1. The lowest BCUT2D eigenvalue weighted by atomic mass is 10.0. The molecule has 2 rings (SSSR count). The lowest BCUT2D eigenvalue weighted by Crippen LogP contribution is -2.11. The maximum atomic E-state index is 6.30. The van der Waals surface area contributed by atoms with Crippen LogP contribution in [0, 0.1) is 12.8 Å². The van der Waals surface area contributed by atoms with Crippen LogP contribution in [-0.2, 0) is 0 Å². The second-order valence-electron chi connectivity index (χ2n) is 8.50. The van der Waals surface area contributed by atoms with E-state index in [1.54, 1.807) is 0 Å². The molecule has 0 aromatic heterocycles. The molecule has 0 saturated heterocycles. The van der Waals surface area contributed by atoms with E-state index in [2.05, 4.69) is 67.0 Å². The maximum absolute atomic E-state index is 6.30. The van der Waals surface area contributed by atoms with Crippen LogP contribution >= 0.6 is 15.9 Å². The summed E-state index contributed by atoms with van der Waals surface area (Å²) in [7, 11) is 0. The predicted octanol–water partition coefficient (Wildman–Crippen LogP) is 8.86. The molecule has 30 heavy (non-hydrogen) atoms. The molecule has 168 valence electrons. The van der Waals surface area contributed by atoms with Gasteiger partial charge < -0.3 is 9.47 Å². The number of benzene rings is 2. The van der Waals surface area contributed by atoms with Crippen LogP contribution in [0.5, 0.6) is 11.5 Å². The third-order valence-electron chi connectivity index (χ3n) is 5.90. The van der Waals surface area contributed by atoms with E-state index in [1.807, 2.05) is 0 Å². The molecular formula is C27H41BrO2. The Labute approximate surface area is 192 Å². The summed E-state index contributed by atoms with van der Waals surface area (Å²) in [6, 6.07) is 10.8. The van der Waals surface area contributed by atoms with Crippen molar-refractivity contribution in [1.29, 1.82) is 0 Å². The van der Waals surface area contributed by atoms with Crippen LogP contribution < -0.4 is 9.47 Å². The van der Waals surface area contributed by atoms with Gasteiger partial charge in [-0.2, -0.15) is 0 Å². The first kappa shape index (κ1) is 25.0. The fourth-order valence-corrected chi connectivity index (χ4v) is 4.25. The maximum Gasteiger partial charge on any atom is 0.127 e. The summed E-state index contributed by atoms with van der Waals surface area (Å²) >= 11 is 3.50. The van der Waals surface area contributed by atoms with Crippen molar-refractivity contribution in [3.8, 4) is 11.5 Å². The van der Waals surface area contributed by atoms with Crippen molar-refractivity contribution in [2.24, 2.45) is 5.92 Å². The molecule has 0 N–H and O–H groups in total. The van der Waals surface area contributed by atoms with Gasteiger partial charge in [0.15, 0.2) is 0 Å². The van der Waals surface area contributed by atoms with Crippen LogP contribution in [0.2, 0.25) is 0 Å². The highest BCUT2D eigenvalue weighted by Gasteiger charge is 2.12. The zero-order valence-electron chi connectivity index (χ0n) is 19.4. The molecule has 0 aliphatic heterocycles. The molecule has 0 bridgehead atoms. The van der Waals surface area contributed by atoms with Gasteiger partial charge in [-0.05, 0) is 50.3 Å². The normalized spacial score (nSPS) is 12.3. The summed E-state index contributed by atoms with van der Waals surface area (Å²) in [6.07, 6.45) is 12.6. The van der Waals surface area contributed by atoms with Crippen LogP contribution in [0.4, 0.5) is 0 Å². The summed E-state index contributed by atoms with van der Waals surface area (Å²) in [6.45, 7) is 8.25. The highest BCUT2D eigenvalue weighted by molar-refractivity contribution is 9.09. The van der Waals surface area contributed by atoms with E-state index in [1.165, 1.54) is 74.1 Å². The van der Waals surface area contributed by atoms with Gasteiger partial charge in [-0.15, -0.1) is 0 Å². The molecule has 1 unspecified atom stereocenters. The van der Waals surface area contributed by atoms with E-state index in [0.717, 1.165) is 36.5 Å². The van der Waals surface area contributed by atoms with Gasteiger partial charge in [-0.25, -0.2) is 0 Å². The summed E-state index contributed by atoms with van der Waals surface area (Å²) < 4.78 is 12.5. The monoisotopic (exact) mass is 476 g/mol. The number of hydrogen-bond donors (Lipinski definition) is 0. The first-order valence-electron chi connectivity index (χ1n) is 12.0. The highest BCUT2D eigenvalue weighted by atomic mass is 79.9. The number of alkyl halides is 1. The quantitative estimate of drug-likeness (QED) is 0.178. The molecule has 2 aromatic carbocycles. The average molecular weight is 478 g/mol. The smallest absolute Gasteiger partial charge is 0.127 e. The molecule has 0 amide bonds. The standard InChI is InChI=1S/C27H41BrO2/c1-4-6-13-23(5-2)21-30-26-16-17-27(25-20-22(3)14-15-24(25)26)29-19-12-10-8-7-9-11-18-28/h14-17,20,23H,4-13,18-19,21H2,1-3H3. The zero-order valence-corrected chi connectivity index (χ0v) is 20.9. The van der Waals surface area contributed by atoms with Crippen molar-refractivity contribution in [3.05, 3.63) is 35.9 Å². The van der Waals surface area contributed by atoms with E-state index >= 15 is 0 Å². The van der Waals surface area contributed by atoms with Crippen LogP contribution in [0.1, 0.15) is 83.6 Å². The fourth-order valence-electron chi connectivity index (χ4n) is 3.85. The van der Waals surface area contributed by atoms with E-state index in [-0.39, 0.29) is 0 Å². The van der Waals surface area contributed by atoms with Crippen LogP contribution in [-0.4, -0.2) is 18.5 Å². The first-order valence-corrected chi connectivity index (χ1v) is 13.2. The fraction of sp³-hybridized carbons (Fsp3) is 0.630. The molecule has 0 spiro atoms. The van der Waals surface area contributed by atoms with Gasteiger partial charge in [0.2, 0.25) is 0 Å². The van der Waals surface area contributed by atoms with Crippen molar-refractivity contribution in [1.82, 2.24) is 0 Å². The number of ether oxygens (including phenoxy) is 2. The Balaban J connectivity index is 1.96. The molecule has 1 atom stereocenters. The average Bonchev–Trinajstić information content (AvgIpc) is 2.76. The molecule has 2 aromatic rings. The van der Waals surface area contributed by atoms with Crippen molar-refractivity contribution < 1.29 is 9.47 Å². The Morgan fingerprint density at radius 3 is 2.20 bits per heavy atom. The Bertz CT molecular complexity index is 728. The molecule has 0 aliphatic rings. The first-order chi connectivity index (χ1) is 14.7. The predicted molar refractivity (Wildman–Crippen MR) is 134 cm³/mol. The molecule has 0 aliphatic carbocycles. The van der Waals surface area contributed by atoms with Crippen molar-refractivity contribution in [2.75, 3.05) is 18.5 Å². The van der Waals surface area contributed by atoms with Crippen LogP contribution in [0.3, 0.4) is 0 Å². The molecule has 2 nitrogen and oxygen atoms in total. The Hall–Kier alpha value is -1.22. The van der Waals surface area contributed by atoms with Gasteiger partial charge in [-0.3, -0.25) is 0 Å². The summed E-state index contributed by atoms with van der Waals surface area (Å²) in [5.74, 6) is 2.60. The molecule has 3 heteroatoms. The molecule has 0 heterocycles. The van der Waals surface area contributed by atoms with E-state index in [4.69, 9.17) is 9.47 Å². The third-order valence-corrected chi connectivity index (χ3v) is 6.46. The molecular weight excluding hydrogens is 436 g/mol. The van der Waals surface area contributed by atoms with Crippen molar-refractivity contribution >= 4 is 26.7 Å². The minimum absolute atomic E-state index is 0.635. The Kier molecular flexibility index (Phi) is 12.3. The second kappa shape index (κ2) is 14.7. The van der Waals surface area contributed by atoms with Gasteiger partial charge in [0, 0.05) is 16.1 Å². The Morgan fingerprint density at radius 2 is 1.50 bits per heavy atom. The van der Waals surface area contributed by atoms with E-state index < -0.39 is 0 Å². The molecule has 0 radical (unpaired) electrons. The number of aryl methyl sites for hydroxylation is 1. The zero-order chi connectivity index (χ0) is 21.6. The minimum atomic E-state index is 0.635. The topological polar surface area (TPSA) is 18.5 Å². The number of rotatable bonds is 16. The summed E-state index contributed by atoms with van der Waals surface area (Å²) in [5, 5.41) is 3.46. The van der Waals surface area contributed by atoms with Crippen LogP contribution in [0.25, 0.3) is 10.8 Å². The van der Waals surface area contributed by atoms with Gasteiger partial charge in [-0.1, -0.05) is 92.4 Å². The van der Waals surface area contributed by atoms with Gasteiger partial charge >= 0.3 is 0 Å². The number of fused-ring (bicyclic) bond motifs is 1. The van der Waals surface area contributed by atoms with E-state index in [0.29, 0.717) is 5.92 Å². The summed E-state index contributed by atoms with van der Waals surface area (Å²) in [4.78, 5) is 0. The molecule has 0 fully saturated rings. The summed E-state index contributed by atoms with van der Waals surface area (Å²) in [5.41, 5.74) is 1.26. The van der Waals surface area contributed by atoms with Gasteiger partial charge in [0.25, 0.3) is 0 Å². The SMILES string of the molecule is CCCCC(CC)COc1ccc(OCCCCCCCCBr)c2cc(C)ccc12. The highest BCUT2D eigenvalue weighted by Crippen LogP contribution is 2.34. The Morgan fingerprint density at radius 1 is 0.800 bits per heavy atom. The number of unbranched alkanes of at least 4 members (excludes halogenated alkanes) is 6. The lowest BCUT2D eigenvalue weighted by molar-refractivity contribution is 0.235. The van der Waals surface area contributed by atoms with Crippen LogP contribution in [0.15, 0.2) is 30.3 Å². The second-order valence-corrected chi connectivity index (χ2v) is 9.29. The lowest BCUT2D eigenvalue weighted by Gasteiger charge is -2.18.